The Hall–Kier alpha value is -1.77. The van der Waals surface area contributed by atoms with Crippen molar-refractivity contribution >= 4 is 52.4 Å². The van der Waals surface area contributed by atoms with Crippen LogP contribution >= 0.6 is 35.7 Å². The molecule has 1 aromatic carbocycles. The number of thiocarbonyl (C=S) groups is 1. The molecule has 0 saturated carbocycles. The quantitative estimate of drug-likeness (QED) is 0.504. The number of nitrogens with one attached hydrogen (secondary N) is 1. The lowest BCUT2D eigenvalue weighted by atomic mass is 9.77. The summed E-state index contributed by atoms with van der Waals surface area (Å²) in [5.41, 5.74) is 2.00. The highest BCUT2D eigenvalue weighted by Crippen LogP contribution is 2.41. The van der Waals surface area contributed by atoms with Crippen molar-refractivity contribution in [1.82, 2.24) is 14.8 Å². The lowest BCUT2D eigenvalue weighted by Crippen LogP contribution is -2.45. The van der Waals surface area contributed by atoms with Crippen LogP contribution in [0.2, 0.25) is 0 Å². The second-order valence-electron chi connectivity index (χ2n) is 8.18. The molecule has 1 aromatic heterocycles. The summed E-state index contributed by atoms with van der Waals surface area (Å²) in [7, 11) is 0. The standard InChI is InChI=1S/C23H28N4OS3/c1-30-18-7-5-17(6-8-18)25-22(29)27-15-11-23(16-27)9-13-26(14-10-23)21(28)19-4-3-12-24-20(19)31-2/h3-8,12H,9-11,13-16H2,1-2H3,(H,25,29). The third-order valence-corrected chi connectivity index (χ3v) is 8.19. The van der Waals surface area contributed by atoms with Gasteiger partial charge in [-0.2, -0.15) is 0 Å². The fraction of sp³-hybridized carbons (Fsp3) is 0.435. The first-order chi connectivity index (χ1) is 15.0. The number of nitrogens with zero attached hydrogens (tertiary/aromatic N) is 3. The van der Waals surface area contributed by atoms with E-state index in [0.717, 1.165) is 66.8 Å². The van der Waals surface area contributed by atoms with Crippen LogP contribution in [0.25, 0.3) is 0 Å². The number of carbonyl (C=O) groups is 1. The summed E-state index contributed by atoms with van der Waals surface area (Å²) in [5, 5.41) is 5.00. The van der Waals surface area contributed by atoms with E-state index in [1.165, 1.54) is 16.7 Å². The van der Waals surface area contributed by atoms with Crippen molar-refractivity contribution in [3.8, 4) is 0 Å². The van der Waals surface area contributed by atoms with Crippen molar-refractivity contribution in [2.24, 2.45) is 5.41 Å². The summed E-state index contributed by atoms with van der Waals surface area (Å²) in [4.78, 5) is 22.9. The summed E-state index contributed by atoms with van der Waals surface area (Å²) in [5.74, 6) is 0.105. The second-order valence-corrected chi connectivity index (χ2v) is 10.2. The average Bonchev–Trinajstić information content (AvgIpc) is 3.23. The van der Waals surface area contributed by atoms with Gasteiger partial charge in [-0.1, -0.05) is 0 Å². The number of likely N-dealkylation sites (tertiary alicyclic amines) is 2. The molecule has 1 amide bonds. The highest BCUT2D eigenvalue weighted by Gasteiger charge is 2.42. The fourth-order valence-electron chi connectivity index (χ4n) is 4.46. The van der Waals surface area contributed by atoms with Crippen LogP contribution in [0.15, 0.2) is 52.5 Å². The zero-order valence-corrected chi connectivity index (χ0v) is 20.4. The molecule has 8 heteroatoms. The van der Waals surface area contributed by atoms with E-state index < -0.39 is 0 Å². The Bertz CT molecular complexity index is 942. The minimum atomic E-state index is 0.105. The molecule has 164 valence electrons. The van der Waals surface area contributed by atoms with Gasteiger partial charge in [-0.3, -0.25) is 4.79 Å². The molecule has 3 heterocycles. The number of piperidine rings is 1. The van der Waals surface area contributed by atoms with E-state index in [4.69, 9.17) is 12.2 Å². The van der Waals surface area contributed by atoms with E-state index in [0.29, 0.717) is 0 Å². The van der Waals surface area contributed by atoms with Crippen LogP contribution in [0, 0.1) is 5.41 Å². The summed E-state index contributed by atoms with van der Waals surface area (Å²) in [6.45, 7) is 3.53. The van der Waals surface area contributed by atoms with Crippen LogP contribution in [-0.2, 0) is 0 Å². The first-order valence-corrected chi connectivity index (χ1v) is 13.4. The summed E-state index contributed by atoms with van der Waals surface area (Å²) >= 11 is 8.96. The lowest BCUT2D eigenvalue weighted by molar-refractivity contribution is 0.0595. The maximum atomic E-state index is 13.0. The van der Waals surface area contributed by atoms with Crippen molar-refractivity contribution in [3.05, 3.63) is 48.2 Å². The molecule has 0 unspecified atom stereocenters. The zero-order valence-electron chi connectivity index (χ0n) is 18.0. The smallest absolute Gasteiger partial charge is 0.256 e. The number of carbonyl (C=O) groups excluding carboxylic acids is 1. The number of thioether (sulfide) groups is 2. The Kier molecular flexibility index (Phi) is 7.08. The number of hydrogen-bond donors (Lipinski definition) is 1. The van der Waals surface area contributed by atoms with Crippen molar-refractivity contribution in [2.75, 3.05) is 44.0 Å². The Morgan fingerprint density at radius 3 is 2.35 bits per heavy atom. The van der Waals surface area contributed by atoms with Gasteiger partial charge in [0.05, 0.1) is 5.56 Å². The van der Waals surface area contributed by atoms with E-state index in [1.54, 1.807) is 18.0 Å². The highest BCUT2D eigenvalue weighted by atomic mass is 32.2. The van der Waals surface area contributed by atoms with Crippen LogP contribution in [0.4, 0.5) is 5.69 Å². The number of rotatable bonds is 4. The van der Waals surface area contributed by atoms with Gasteiger partial charge < -0.3 is 15.1 Å². The molecule has 1 N–H and O–H groups in total. The summed E-state index contributed by atoms with van der Waals surface area (Å²) in [6, 6.07) is 12.1. The van der Waals surface area contributed by atoms with Gasteiger partial charge >= 0.3 is 0 Å². The van der Waals surface area contributed by atoms with E-state index in [9.17, 15) is 4.79 Å². The second kappa shape index (κ2) is 9.79. The number of benzene rings is 1. The van der Waals surface area contributed by atoms with Gasteiger partial charge in [-0.05, 0) is 85.8 Å². The number of amides is 1. The van der Waals surface area contributed by atoms with Crippen molar-refractivity contribution in [3.63, 3.8) is 0 Å². The SMILES string of the molecule is CSc1ccc(NC(=S)N2CCC3(CCN(C(=O)c4cccnc4SC)CC3)C2)cc1. The maximum absolute atomic E-state index is 13.0. The summed E-state index contributed by atoms with van der Waals surface area (Å²) in [6.07, 6.45) is 8.96. The number of anilines is 1. The van der Waals surface area contributed by atoms with E-state index in [2.05, 4.69) is 45.7 Å². The van der Waals surface area contributed by atoms with Gasteiger partial charge in [-0.15, -0.1) is 23.5 Å². The summed E-state index contributed by atoms with van der Waals surface area (Å²) < 4.78 is 0. The predicted molar refractivity (Wildman–Crippen MR) is 134 cm³/mol. The number of pyridine rings is 1. The highest BCUT2D eigenvalue weighted by molar-refractivity contribution is 7.98. The molecule has 0 radical (unpaired) electrons. The zero-order chi connectivity index (χ0) is 21.8. The minimum absolute atomic E-state index is 0.105. The molecule has 1 spiro atoms. The van der Waals surface area contributed by atoms with Crippen molar-refractivity contribution < 1.29 is 4.79 Å². The number of aromatic nitrogens is 1. The van der Waals surface area contributed by atoms with Gasteiger partial charge in [0.1, 0.15) is 5.03 Å². The Morgan fingerprint density at radius 1 is 1.03 bits per heavy atom. The molecule has 0 bridgehead atoms. The van der Waals surface area contributed by atoms with Gasteiger partial charge in [-0.25, -0.2) is 4.98 Å². The molecule has 0 atom stereocenters. The Labute approximate surface area is 198 Å². The molecule has 2 aliphatic rings. The molecule has 5 nitrogen and oxygen atoms in total. The Balaban J connectivity index is 1.33. The van der Waals surface area contributed by atoms with Gasteiger partial charge in [0.15, 0.2) is 5.11 Å². The molecular formula is C23H28N4OS3. The predicted octanol–water partition coefficient (Wildman–Crippen LogP) is 4.85. The molecule has 2 aromatic rings. The monoisotopic (exact) mass is 472 g/mol. The first kappa shape index (κ1) is 22.4. The van der Waals surface area contributed by atoms with Crippen LogP contribution in [0.5, 0.6) is 0 Å². The molecule has 0 aliphatic carbocycles. The third kappa shape index (κ3) is 5.02. The Morgan fingerprint density at radius 2 is 1.71 bits per heavy atom. The molecule has 4 rings (SSSR count). The fourth-order valence-corrected chi connectivity index (χ4v) is 5.69. The molecule has 2 saturated heterocycles. The third-order valence-electron chi connectivity index (χ3n) is 6.37. The van der Waals surface area contributed by atoms with Gasteiger partial charge in [0.25, 0.3) is 5.91 Å². The number of hydrogen-bond acceptors (Lipinski definition) is 5. The largest absolute Gasteiger partial charge is 0.348 e. The lowest BCUT2D eigenvalue weighted by Gasteiger charge is -2.39. The van der Waals surface area contributed by atoms with Crippen LogP contribution in [0.1, 0.15) is 29.6 Å². The van der Waals surface area contributed by atoms with Crippen LogP contribution < -0.4 is 5.32 Å². The van der Waals surface area contributed by atoms with Crippen LogP contribution in [-0.4, -0.2) is 64.5 Å². The molecule has 2 fully saturated rings. The van der Waals surface area contributed by atoms with Crippen molar-refractivity contribution in [2.45, 2.75) is 29.2 Å². The van der Waals surface area contributed by atoms with Crippen molar-refractivity contribution in [1.29, 1.82) is 0 Å². The van der Waals surface area contributed by atoms with E-state index in [-0.39, 0.29) is 11.3 Å². The minimum Gasteiger partial charge on any atom is -0.348 e. The van der Waals surface area contributed by atoms with E-state index >= 15 is 0 Å². The normalized spacial score (nSPS) is 17.7. The van der Waals surface area contributed by atoms with E-state index in [1.807, 2.05) is 23.3 Å². The first-order valence-electron chi connectivity index (χ1n) is 10.5. The average molecular weight is 473 g/mol. The molecular weight excluding hydrogens is 444 g/mol. The van der Waals surface area contributed by atoms with Gasteiger partial charge in [0, 0.05) is 43.0 Å². The maximum Gasteiger partial charge on any atom is 0.256 e. The van der Waals surface area contributed by atoms with Crippen LogP contribution in [0.3, 0.4) is 0 Å². The van der Waals surface area contributed by atoms with Gasteiger partial charge in [0.2, 0.25) is 0 Å². The molecule has 2 aliphatic heterocycles. The topological polar surface area (TPSA) is 48.5 Å². The molecule has 31 heavy (non-hydrogen) atoms.